The molecule has 2 aromatic rings. The Morgan fingerprint density at radius 1 is 1.17 bits per heavy atom. The van der Waals surface area contributed by atoms with Gasteiger partial charge in [0.15, 0.2) is 5.11 Å². The predicted molar refractivity (Wildman–Crippen MR) is 96.0 cm³/mol. The Kier molecular flexibility index (Phi) is 5.59. The Bertz CT molecular complexity index is 751. The van der Waals surface area contributed by atoms with Crippen LogP contribution in [-0.4, -0.2) is 17.1 Å². The SMILES string of the molecule is COc1cc([N+](=O)[O-])ccc1NC(=S)Nc1cc(Cl)cc(Cl)c1. The molecule has 0 spiro atoms. The third-order valence-electron chi connectivity index (χ3n) is 2.76. The maximum atomic E-state index is 10.8. The standard InChI is InChI=1S/C14H11Cl2N3O3S/c1-22-13-7-11(19(20)21)2-3-12(13)18-14(23)17-10-5-8(15)4-9(16)6-10/h2-7H,1H3,(H2,17,18,23). The van der Waals surface area contributed by atoms with E-state index in [0.717, 1.165) is 0 Å². The Morgan fingerprint density at radius 3 is 2.39 bits per heavy atom. The summed E-state index contributed by atoms with van der Waals surface area (Å²) in [7, 11) is 1.41. The summed E-state index contributed by atoms with van der Waals surface area (Å²) in [4.78, 5) is 10.3. The molecule has 0 saturated heterocycles. The zero-order valence-corrected chi connectivity index (χ0v) is 14.1. The van der Waals surface area contributed by atoms with Gasteiger partial charge in [-0.05, 0) is 36.5 Å². The minimum absolute atomic E-state index is 0.0760. The van der Waals surface area contributed by atoms with Gasteiger partial charge in [-0.3, -0.25) is 10.1 Å². The van der Waals surface area contributed by atoms with E-state index in [4.69, 9.17) is 40.2 Å². The molecule has 0 radical (unpaired) electrons. The Hall–Kier alpha value is -2.09. The third kappa shape index (κ3) is 4.69. The highest BCUT2D eigenvalue weighted by molar-refractivity contribution is 7.80. The number of non-ortho nitro benzene ring substituents is 1. The smallest absolute Gasteiger partial charge is 0.273 e. The van der Waals surface area contributed by atoms with Crippen LogP contribution in [-0.2, 0) is 0 Å². The molecule has 2 N–H and O–H groups in total. The third-order valence-corrected chi connectivity index (χ3v) is 3.41. The van der Waals surface area contributed by atoms with Crippen LogP contribution in [0, 0.1) is 10.1 Å². The van der Waals surface area contributed by atoms with Gasteiger partial charge in [0.05, 0.1) is 23.8 Å². The average Bonchev–Trinajstić information content (AvgIpc) is 2.46. The number of nitrogens with one attached hydrogen (secondary N) is 2. The first-order valence-corrected chi connectivity index (χ1v) is 7.42. The number of rotatable bonds is 4. The van der Waals surface area contributed by atoms with Crippen LogP contribution in [0.1, 0.15) is 0 Å². The zero-order valence-electron chi connectivity index (χ0n) is 11.8. The normalized spacial score (nSPS) is 10.0. The van der Waals surface area contributed by atoms with Gasteiger partial charge in [0, 0.05) is 21.8 Å². The number of benzene rings is 2. The maximum Gasteiger partial charge on any atom is 0.273 e. The van der Waals surface area contributed by atoms with Crippen molar-refractivity contribution in [3.63, 3.8) is 0 Å². The summed E-state index contributed by atoms with van der Waals surface area (Å²) in [5.74, 6) is 0.299. The molecule has 0 bridgehead atoms. The minimum Gasteiger partial charge on any atom is -0.494 e. The Morgan fingerprint density at radius 2 is 1.83 bits per heavy atom. The van der Waals surface area contributed by atoms with Crippen LogP contribution in [0.3, 0.4) is 0 Å². The van der Waals surface area contributed by atoms with Gasteiger partial charge in [-0.2, -0.15) is 0 Å². The molecular formula is C14H11Cl2N3O3S. The first-order valence-electron chi connectivity index (χ1n) is 6.25. The number of anilines is 2. The van der Waals surface area contributed by atoms with Gasteiger partial charge in [-0.25, -0.2) is 0 Å². The number of nitro groups is 1. The summed E-state index contributed by atoms with van der Waals surface area (Å²) in [6.07, 6.45) is 0. The molecule has 2 rings (SSSR count). The molecule has 23 heavy (non-hydrogen) atoms. The van der Waals surface area contributed by atoms with Crippen molar-refractivity contribution < 1.29 is 9.66 Å². The second-order valence-corrected chi connectivity index (χ2v) is 5.66. The number of hydrogen-bond donors (Lipinski definition) is 2. The molecule has 0 fully saturated rings. The number of thiocarbonyl (C=S) groups is 1. The Labute approximate surface area is 147 Å². The van der Waals surface area contributed by atoms with E-state index in [-0.39, 0.29) is 10.8 Å². The number of ether oxygens (including phenoxy) is 1. The second-order valence-electron chi connectivity index (χ2n) is 4.38. The largest absolute Gasteiger partial charge is 0.494 e. The van der Waals surface area contributed by atoms with Crippen LogP contribution >= 0.6 is 35.4 Å². The van der Waals surface area contributed by atoms with Crippen LogP contribution in [0.15, 0.2) is 36.4 Å². The fraction of sp³-hybridized carbons (Fsp3) is 0.0714. The van der Waals surface area contributed by atoms with Crippen LogP contribution in [0.4, 0.5) is 17.1 Å². The fourth-order valence-corrected chi connectivity index (χ4v) is 2.56. The van der Waals surface area contributed by atoms with Crippen LogP contribution in [0.2, 0.25) is 10.0 Å². The molecule has 6 nitrogen and oxygen atoms in total. The maximum absolute atomic E-state index is 10.8. The molecule has 0 saturated carbocycles. The van der Waals surface area contributed by atoms with Crippen LogP contribution < -0.4 is 15.4 Å². The summed E-state index contributed by atoms with van der Waals surface area (Å²) in [5.41, 5.74) is 1.03. The van der Waals surface area contributed by atoms with Gasteiger partial charge in [0.25, 0.3) is 5.69 Å². The lowest BCUT2D eigenvalue weighted by Gasteiger charge is -2.13. The van der Waals surface area contributed by atoms with E-state index in [1.54, 1.807) is 18.2 Å². The van der Waals surface area contributed by atoms with Crippen molar-refractivity contribution in [1.82, 2.24) is 0 Å². The number of methoxy groups -OCH3 is 1. The van der Waals surface area contributed by atoms with E-state index >= 15 is 0 Å². The lowest BCUT2D eigenvalue weighted by atomic mass is 10.2. The Balaban J connectivity index is 2.15. The first kappa shape index (κ1) is 17.3. The van der Waals surface area contributed by atoms with E-state index in [1.165, 1.54) is 25.3 Å². The molecule has 0 heterocycles. The van der Waals surface area contributed by atoms with Crippen LogP contribution in [0.25, 0.3) is 0 Å². The fourth-order valence-electron chi connectivity index (χ4n) is 1.81. The number of halogens is 2. The first-order chi connectivity index (χ1) is 10.9. The second kappa shape index (κ2) is 7.45. The molecule has 0 aliphatic carbocycles. The van der Waals surface area contributed by atoms with E-state index in [1.807, 2.05) is 0 Å². The van der Waals surface area contributed by atoms with Gasteiger partial charge in [-0.15, -0.1) is 0 Å². The topological polar surface area (TPSA) is 76.4 Å². The predicted octanol–water partition coefficient (Wildman–Crippen LogP) is 4.72. The number of hydrogen-bond acceptors (Lipinski definition) is 4. The molecule has 120 valence electrons. The van der Waals surface area contributed by atoms with E-state index < -0.39 is 4.92 Å². The lowest BCUT2D eigenvalue weighted by molar-refractivity contribution is -0.384. The molecule has 0 aromatic heterocycles. The van der Waals surface area contributed by atoms with E-state index in [9.17, 15) is 10.1 Å². The summed E-state index contributed by atoms with van der Waals surface area (Å²) in [5, 5.41) is 17.8. The van der Waals surface area contributed by atoms with Crippen molar-refractivity contribution in [2.45, 2.75) is 0 Å². The quantitative estimate of drug-likeness (QED) is 0.460. The van der Waals surface area contributed by atoms with Crippen molar-refractivity contribution in [3.05, 3.63) is 56.6 Å². The molecule has 9 heteroatoms. The minimum atomic E-state index is -0.503. The molecular weight excluding hydrogens is 361 g/mol. The highest BCUT2D eigenvalue weighted by Gasteiger charge is 2.12. The molecule has 0 atom stereocenters. The summed E-state index contributed by atoms with van der Waals surface area (Å²) in [6, 6.07) is 9.09. The van der Waals surface area contributed by atoms with Crippen molar-refractivity contribution in [2.24, 2.45) is 0 Å². The van der Waals surface area contributed by atoms with Crippen molar-refractivity contribution in [2.75, 3.05) is 17.7 Å². The van der Waals surface area contributed by atoms with Gasteiger partial charge >= 0.3 is 0 Å². The van der Waals surface area contributed by atoms with Gasteiger partial charge < -0.3 is 15.4 Å². The van der Waals surface area contributed by atoms with Gasteiger partial charge in [-0.1, -0.05) is 23.2 Å². The van der Waals surface area contributed by atoms with Crippen molar-refractivity contribution in [1.29, 1.82) is 0 Å². The monoisotopic (exact) mass is 371 g/mol. The highest BCUT2D eigenvalue weighted by atomic mass is 35.5. The van der Waals surface area contributed by atoms with Crippen molar-refractivity contribution >= 4 is 57.6 Å². The zero-order chi connectivity index (χ0) is 17.0. The van der Waals surface area contributed by atoms with Gasteiger partial charge in [0.1, 0.15) is 5.75 Å². The molecule has 0 amide bonds. The summed E-state index contributed by atoms with van der Waals surface area (Å²) in [6.45, 7) is 0. The van der Waals surface area contributed by atoms with E-state index in [0.29, 0.717) is 27.2 Å². The number of nitrogens with zero attached hydrogens (tertiary/aromatic N) is 1. The van der Waals surface area contributed by atoms with Crippen molar-refractivity contribution in [3.8, 4) is 5.75 Å². The van der Waals surface area contributed by atoms with Crippen LogP contribution in [0.5, 0.6) is 5.75 Å². The molecule has 2 aromatic carbocycles. The average molecular weight is 372 g/mol. The molecule has 0 aliphatic heterocycles. The summed E-state index contributed by atoms with van der Waals surface area (Å²) >= 11 is 17.0. The molecule has 0 unspecified atom stereocenters. The summed E-state index contributed by atoms with van der Waals surface area (Å²) < 4.78 is 5.13. The highest BCUT2D eigenvalue weighted by Crippen LogP contribution is 2.29. The molecule has 0 aliphatic rings. The lowest BCUT2D eigenvalue weighted by Crippen LogP contribution is -2.19. The number of nitro benzene ring substituents is 1. The van der Waals surface area contributed by atoms with E-state index in [2.05, 4.69) is 10.6 Å². The van der Waals surface area contributed by atoms with Gasteiger partial charge in [0.2, 0.25) is 0 Å².